The Morgan fingerprint density at radius 3 is 1.88 bits per heavy atom. The van der Waals surface area contributed by atoms with Gasteiger partial charge in [-0.3, -0.25) is 0 Å². The number of hydrogen-bond donors (Lipinski definition) is 0. The maximum absolute atomic E-state index is 5.81. The van der Waals surface area contributed by atoms with Crippen LogP contribution < -0.4 is 4.74 Å². The van der Waals surface area contributed by atoms with Gasteiger partial charge in [0.2, 0.25) is 0 Å². The van der Waals surface area contributed by atoms with Gasteiger partial charge in [0, 0.05) is 0 Å². The number of hydrogen-bond acceptors (Lipinski definition) is 2. The monoisotopic (exact) mass is 353 g/mol. The molecule has 142 valence electrons. The zero-order valence-corrected chi connectivity index (χ0v) is 16.6. The summed E-state index contributed by atoms with van der Waals surface area (Å²) in [5.74, 6) is 0.927. The van der Waals surface area contributed by atoms with Crippen LogP contribution in [0.4, 0.5) is 0 Å². The number of ether oxygens (including phenoxy) is 1. The van der Waals surface area contributed by atoms with Crippen molar-refractivity contribution >= 4 is 0 Å². The maximum atomic E-state index is 5.81. The molecule has 0 spiro atoms. The standard InChI is InChI=1S/C24H35NO/c1-3-5-18-25(19-6-4-2)20-10-11-22-14-16-23(17-15-22)21-26-24-12-8-7-9-13-24/h7-9,12-17H,3-6,10-11,18-21H2,1-2H3. The van der Waals surface area contributed by atoms with E-state index in [2.05, 4.69) is 43.0 Å². The molecular formula is C24H35NO. The second-order valence-corrected chi connectivity index (χ2v) is 7.07. The number of rotatable bonds is 13. The summed E-state index contributed by atoms with van der Waals surface area (Å²) in [6.07, 6.45) is 7.62. The third-order valence-corrected chi connectivity index (χ3v) is 4.77. The average molecular weight is 354 g/mol. The maximum Gasteiger partial charge on any atom is 0.119 e. The van der Waals surface area contributed by atoms with Crippen LogP contribution in [-0.4, -0.2) is 24.5 Å². The van der Waals surface area contributed by atoms with Crippen LogP contribution in [0.25, 0.3) is 0 Å². The molecule has 0 saturated carbocycles. The highest BCUT2D eigenvalue weighted by molar-refractivity contribution is 5.24. The van der Waals surface area contributed by atoms with Gasteiger partial charge in [-0.05, 0) is 68.6 Å². The number of unbranched alkanes of at least 4 members (excludes halogenated alkanes) is 2. The number of aryl methyl sites for hydroxylation is 1. The Morgan fingerprint density at radius 1 is 0.692 bits per heavy atom. The van der Waals surface area contributed by atoms with Crippen LogP contribution in [0.2, 0.25) is 0 Å². The number of nitrogens with zero attached hydrogens (tertiary/aromatic N) is 1. The molecule has 0 unspecified atom stereocenters. The van der Waals surface area contributed by atoms with Gasteiger partial charge in [-0.2, -0.15) is 0 Å². The summed E-state index contributed by atoms with van der Waals surface area (Å²) < 4.78 is 5.81. The smallest absolute Gasteiger partial charge is 0.119 e. The molecular weight excluding hydrogens is 318 g/mol. The van der Waals surface area contributed by atoms with Crippen molar-refractivity contribution in [2.45, 2.75) is 59.0 Å². The van der Waals surface area contributed by atoms with E-state index in [4.69, 9.17) is 4.74 Å². The number of para-hydroxylation sites is 1. The SMILES string of the molecule is CCCCN(CCCC)CCCc1ccc(COc2ccccc2)cc1. The van der Waals surface area contributed by atoms with Gasteiger partial charge in [0.25, 0.3) is 0 Å². The van der Waals surface area contributed by atoms with Gasteiger partial charge in [-0.1, -0.05) is 69.2 Å². The first kappa shape index (κ1) is 20.5. The summed E-state index contributed by atoms with van der Waals surface area (Å²) in [6, 6.07) is 18.9. The molecule has 0 aliphatic carbocycles. The van der Waals surface area contributed by atoms with Gasteiger partial charge in [0.1, 0.15) is 12.4 Å². The van der Waals surface area contributed by atoms with Crippen molar-refractivity contribution in [2.75, 3.05) is 19.6 Å². The lowest BCUT2D eigenvalue weighted by Gasteiger charge is -2.21. The van der Waals surface area contributed by atoms with Gasteiger partial charge in [0.05, 0.1) is 0 Å². The minimum Gasteiger partial charge on any atom is -0.489 e. The van der Waals surface area contributed by atoms with Crippen molar-refractivity contribution in [1.29, 1.82) is 0 Å². The van der Waals surface area contributed by atoms with E-state index in [0.717, 1.165) is 12.2 Å². The lowest BCUT2D eigenvalue weighted by atomic mass is 10.1. The van der Waals surface area contributed by atoms with Crippen LogP contribution in [0, 0.1) is 0 Å². The lowest BCUT2D eigenvalue weighted by Crippen LogP contribution is -2.27. The van der Waals surface area contributed by atoms with Crippen LogP contribution in [0.5, 0.6) is 5.75 Å². The lowest BCUT2D eigenvalue weighted by molar-refractivity contribution is 0.262. The molecule has 0 heterocycles. The highest BCUT2D eigenvalue weighted by Crippen LogP contribution is 2.13. The fourth-order valence-corrected chi connectivity index (χ4v) is 3.09. The van der Waals surface area contributed by atoms with Crippen molar-refractivity contribution in [1.82, 2.24) is 4.90 Å². The molecule has 2 nitrogen and oxygen atoms in total. The molecule has 26 heavy (non-hydrogen) atoms. The minimum atomic E-state index is 0.631. The van der Waals surface area contributed by atoms with Gasteiger partial charge in [-0.25, -0.2) is 0 Å². The Balaban J connectivity index is 1.72. The summed E-state index contributed by atoms with van der Waals surface area (Å²) in [5, 5.41) is 0. The first-order valence-corrected chi connectivity index (χ1v) is 10.3. The van der Waals surface area contributed by atoms with Crippen molar-refractivity contribution < 1.29 is 4.74 Å². The van der Waals surface area contributed by atoms with Crippen molar-refractivity contribution in [3.8, 4) is 5.75 Å². The fraction of sp³-hybridized carbons (Fsp3) is 0.500. The molecule has 2 aromatic carbocycles. The van der Waals surface area contributed by atoms with E-state index in [1.54, 1.807) is 0 Å². The highest BCUT2D eigenvalue weighted by atomic mass is 16.5. The molecule has 0 aromatic heterocycles. The minimum absolute atomic E-state index is 0.631. The molecule has 0 saturated heterocycles. The molecule has 0 amide bonds. The second-order valence-electron chi connectivity index (χ2n) is 7.07. The Kier molecular flexibility index (Phi) is 9.89. The third kappa shape index (κ3) is 8.05. The highest BCUT2D eigenvalue weighted by Gasteiger charge is 2.04. The molecule has 2 heteroatoms. The van der Waals surface area contributed by atoms with Crippen LogP contribution in [-0.2, 0) is 13.0 Å². The van der Waals surface area contributed by atoms with E-state index in [0.29, 0.717) is 6.61 Å². The first-order chi connectivity index (χ1) is 12.8. The Bertz CT molecular complexity index is 571. The third-order valence-electron chi connectivity index (χ3n) is 4.77. The van der Waals surface area contributed by atoms with Gasteiger partial charge in [-0.15, -0.1) is 0 Å². The molecule has 0 atom stereocenters. The van der Waals surface area contributed by atoms with Crippen LogP contribution >= 0.6 is 0 Å². The summed E-state index contributed by atoms with van der Waals surface area (Å²) in [7, 11) is 0. The molecule has 2 aromatic rings. The van der Waals surface area contributed by atoms with Gasteiger partial charge < -0.3 is 9.64 Å². The quantitative estimate of drug-likeness (QED) is 0.431. The van der Waals surface area contributed by atoms with Gasteiger partial charge >= 0.3 is 0 Å². The largest absolute Gasteiger partial charge is 0.489 e. The summed E-state index contributed by atoms with van der Waals surface area (Å²) in [5.41, 5.74) is 2.66. The zero-order valence-electron chi connectivity index (χ0n) is 16.6. The fourth-order valence-electron chi connectivity index (χ4n) is 3.09. The first-order valence-electron chi connectivity index (χ1n) is 10.3. The molecule has 0 N–H and O–H groups in total. The van der Waals surface area contributed by atoms with Crippen molar-refractivity contribution in [3.63, 3.8) is 0 Å². The van der Waals surface area contributed by atoms with Crippen LogP contribution in [0.1, 0.15) is 57.1 Å². The van der Waals surface area contributed by atoms with Gasteiger partial charge in [0.15, 0.2) is 0 Å². The summed E-state index contributed by atoms with van der Waals surface area (Å²) >= 11 is 0. The van der Waals surface area contributed by atoms with Crippen molar-refractivity contribution in [3.05, 3.63) is 65.7 Å². The predicted octanol–water partition coefficient (Wildman–Crippen LogP) is 6.10. The Morgan fingerprint density at radius 2 is 1.27 bits per heavy atom. The van der Waals surface area contributed by atoms with E-state index < -0.39 is 0 Å². The van der Waals surface area contributed by atoms with E-state index >= 15 is 0 Å². The summed E-state index contributed by atoms with van der Waals surface area (Å²) in [6.45, 7) is 8.92. The normalized spacial score (nSPS) is 11.0. The second kappa shape index (κ2) is 12.5. The predicted molar refractivity (Wildman–Crippen MR) is 112 cm³/mol. The van der Waals surface area contributed by atoms with Crippen molar-refractivity contribution in [2.24, 2.45) is 0 Å². The Labute approximate surface area is 160 Å². The average Bonchev–Trinajstić information content (AvgIpc) is 2.69. The van der Waals surface area contributed by atoms with E-state index in [-0.39, 0.29) is 0 Å². The van der Waals surface area contributed by atoms with E-state index in [9.17, 15) is 0 Å². The summed E-state index contributed by atoms with van der Waals surface area (Å²) in [4.78, 5) is 2.65. The Hall–Kier alpha value is -1.80. The number of benzene rings is 2. The molecule has 0 aliphatic rings. The van der Waals surface area contributed by atoms with Crippen LogP contribution in [0.15, 0.2) is 54.6 Å². The topological polar surface area (TPSA) is 12.5 Å². The molecule has 0 radical (unpaired) electrons. The zero-order chi connectivity index (χ0) is 18.5. The molecule has 0 bridgehead atoms. The van der Waals surface area contributed by atoms with E-state index in [1.807, 2.05) is 30.3 Å². The molecule has 0 aliphatic heterocycles. The van der Waals surface area contributed by atoms with E-state index in [1.165, 1.54) is 62.9 Å². The molecule has 2 rings (SSSR count). The van der Waals surface area contributed by atoms with Crippen LogP contribution in [0.3, 0.4) is 0 Å². The molecule has 0 fully saturated rings.